The van der Waals surface area contributed by atoms with Crippen molar-refractivity contribution in [1.29, 1.82) is 0 Å². The summed E-state index contributed by atoms with van der Waals surface area (Å²) in [5.41, 5.74) is 10.7. The number of nitrogens with zero attached hydrogens (tertiary/aromatic N) is 3. The highest BCUT2D eigenvalue weighted by Crippen LogP contribution is 2.14. The van der Waals surface area contributed by atoms with E-state index in [1.165, 1.54) is 0 Å². The van der Waals surface area contributed by atoms with Crippen LogP contribution in [0.3, 0.4) is 0 Å². The van der Waals surface area contributed by atoms with E-state index in [9.17, 15) is 0 Å². The Balaban J connectivity index is 1.66. The molecule has 27 heavy (non-hydrogen) atoms. The molecule has 0 saturated carbocycles. The lowest BCUT2D eigenvalue weighted by atomic mass is 10.1. The Morgan fingerprint density at radius 2 is 1.41 bits per heavy atom. The van der Waals surface area contributed by atoms with E-state index in [1.54, 1.807) is 0 Å². The molecule has 0 amide bonds. The van der Waals surface area contributed by atoms with Crippen LogP contribution in [0.5, 0.6) is 0 Å². The van der Waals surface area contributed by atoms with E-state index in [4.69, 9.17) is 22.5 Å². The molecular formula is C18H20ClN7O. The predicted octanol–water partition coefficient (Wildman–Crippen LogP) is 3.01. The molecule has 0 aliphatic rings. The summed E-state index contributed by atoms with van der Waals surface area (Å²) in [4.78, 5) is 12.5. The van der Waals surface area contributed by atoms with Crippen molar-refractivity contribution >= 4 is 29.4 Å². The van der Waals surface area contributed by atoms with Crippen molar-refractivity contribution in [2.24, 2.45) is 5.73 Å². The second-order valence-electron chi connectivity index (χ2n) is 5.78. The van der Waals surface area contributed by atoms with Crippen molar-refractivity contribution in [3.05, 3.63) is 70.2 Å². The molecule has 0 aliphatic carbocycles. The summed E-state index contributed by atoms with van der Waals surface area (Å²) in [7, 11) is 0. The largest absolute Gasteiger partial charge is 0.350 e. The minimum atomic E-state index is 0.0413. The van der Waals surface area contributed by atoms with Gasteiger partial charge in [0.15, 0.2) is 0 Å². The van der Waals surface area contributed by atoms with Crippen LogP contribution < -0.4 is 21.8 Å². The van der Waals surface area contributed by atoms with Gasteiger partial charge in [-0.05, 0) is 28.8 Å². The van der Waals surface area contributed by atoms with Gasteiger partial charge in [0.1, 0.15) is 0 Å². The zero-order valence-corrected chi connectivity index (χ0v) is 15.2. The van der Waals surface area contributed by atoms with Gasteiger partial charge in [0.25, 0.3) is 5.95 Å². The smallest absolute Gasteiger partial charge is 0.253 e. The van der Waals surface area contributed by atoms with Crippen molar-refractivity contribution in [1.82, 2.24) is 15.0 Å². The van der Waals surface area contributed by atoms with Crippen LogP contribution in [-0.2, 0) is 19.6 Å². The minimum absolute atomic E-state index is 0.0413. The molecule has 0 radical (unpaired) electrons. The van der Waals surface area contributed by atoms with Crippen LogP contribution in [0, 0.1) is 0 Å². The van der Waals surface area contributed by atoms with Crippen LogP contribution in [0.4, 0.5) is 17.8 Å². The molecule has 3 rings (SSSR count). The molecular weight excluding hydrogens is 366 g/mol. The molecule has 1 heterocycles. The molecule has 0 spiro atoms. The molecule has 1 aromatic heterocycles. The van der Waals surface area contributed by atoms with Crippen LogP contribution in [0.1, 0.15) is 16.7 Å². The highest BCUT2D eigenvalue weighted by molar-refractivity contribution is 6.30. The second-order valence-corrected chi connectivity index (χ2v) is 6.21. The molecule has 0 aliphatic heterocycles. The SMILES string of the molecule is NCc1ccc(CNc2nc(NO)nc(NCc3cccc(Cl)c3)n2)cc1. The summed E-state index contributed by atoms with van der Waals surface area (Å²) < 4.78 is 0. The number of aromatic nitrogens is 3. The van der Waals surface area contributed by atoms with Crippen LogP contribution in [0.2, 0.25) is 5.02 Å². The molecule has 6 N–H and O–H groups in total. The van der Waals surface area contributed by atoms with Gasteiger partial charge >= 0.3 is 0 Å². The van der Waals surface area contributed by atoms with E-state index in [0.717, 1.165) is 16.7 Å². The van der Waals surface area contributed by atoms with E-state index in [-0.39, 0.29) is 5.95 Å². The number of halogens is 1. The molecule has 0 saturated heterocycles. The number of rotatable bonds is 8. The maximum absolute atomic E-state index is 9.16. The van der Waals surface area contributed by atoms with Crippen molar-refractivity contribution < 1.29 is 5.21 Å². The Bertz CT molecular complexity index is 889. The van der Waals surface area contributed by atoms with E-state index >= 15 is 0 Å². The van der Waals surface area contributed by atoms with Gasteiger partial charge in [0.2, 0.25) is 11.9 Å². The van der Waals surface area contributed by atoms with Crippen LogP contribution >= 0.6 is 11.6 Å². The average molecular weight is 386 g/mol. The van der Waals surface area contributed by atoms with Gasteiger partial charge in [0.05, 0.1) is 0 Å². The third kappa shape index (κ3) is 5.52. The Morgan fingerprint density at radius 1 is 0.815 bits per heavy atom. The van der Waals surface area contributed by atoms with Gasteiger partial charge in [-0.15, -0.1) is 0 Å². The van der Waals surface area contributed by atoms with Crippen LogP contribution in [0.15, 0.2) is 48.5 Å². The third-order valence-electron chi connectivity index (χ3n) is 3.78. The van der Waals surface area contributed by atoms with Crippen molar-refractivity contribution in [2.75, 3.05) is 16.1 Å². The summed E-state index contributed by atoms with van der Waals surface area (Å²) >= 11 is 5.99. The van der Waals surface area contributed by atoms with E-state index < -0.39 is 0 Å². The van der Waals surface area contributed by atoms with Gasteiger partial charge in [-0.3, -0.25) is 5.21 Å². The fourth-order valence-corrected chi connectivity index (χ4v) is 2.60. The molecule has 3 aromatic rings. The molecule has 9 heteroatoms. The number of hydrogen-bond donors (Lipinski definition) is 5. The monoisotopic (exact) mass is 385 g/mol. The zero-order valence-electron chi connectivity index (χ0n) is 14.5. The number of nitrogens with one attached hydrogen (secondary N) is 3. The topological polar surface area (TPSA) is 121 Å². The van der Waals surface area contributed by atoms with Crippen molar-refractivity contribution in [3.63, 3.8) is 0 Å². The molecule has 0 fully saturated rings. The number of anilines is 3. The lowest BCUT2D eigenvalue weighted by Gasteiger charge is -2.10. The first kappa shape index (κ1) is 18.8. The highest BCUT2D eigenvalue weighted by atomic mass is 35.5. The summed E-state index contributed by atoms with van der Waals surface area (Å²) in [5.74, 6) is 0.695. The van der Waals surface area contributed by atoms with Crippen molar-refractivity contribution in [3.8, 4) is 0 Å². The molecule has 2 aromatic carbocycles. The summed E-state index contributed by atoms with van der Waals surface area (Å²) in [5, 5.41) is 16.0. The molecule has 140 valence electrons. The third-order valence-corrected chi connectivity index (χ3v) is 4.02. The molecule has 0 unspecified atom stereocenters. The van der Waals surface area contributed by atoms with E-state index in [0.29, 0.717) is 36.6 Å². The van der Waals surface area contributed by atoms with Gasteiger partial charge in [-0.2, -0.15) is 15.0 Å². The van der Waals surface area contributed by atoms with Gasteiger partial charge in [0, 0.05) is 24.7 Å². The predicted molar refractivity (Wildman–Crippen MR) is 106 cm³/mol. The first-order valence-electron chi connectivity index (χ1n) is 8.32. The van der Waals surface area contributed by atoms with Crippen LogP contribution in [-0.4, -0.2) is 20.2 Å². The lowest BCUT2D eigenvalue weighted by molar-refractivity contribution is 0.382. The maximum Gasteiger partial charge on any atom is 0.253 e. The number of benzene rings is 2. The Hall–Kier alpha value is -2.94. The van der Waals surface area contributed by atoms with E-state index in [1.807, 2.05) is 54.0 Å². The van der Waals surface area contributed by atoms with Gasteiger partial charge in [-0.25, -0.2) is 5.48 Å². The fraction of sp³-hybridized carbons (Fsp3) is 0.167. The standard InChI is InChI=1S/C18H20ClN7O/c19-15-3-1-2-14(8-15)11-22-17-23-16(24-18(25-17)26-27)21-10-13-6-4-12(9-20)5-7-13/h1-8,27H,9-11,20H2,(H3,21,22,23,24,25,26). The Labute approximate surface area is 161 Å². The first-order valence-corrected chi connectivity index (χ1v) is 8.70. The lowest BCUT2D eigenvalue weighted by Crippen LogP contribution is -2.11. The quantitative estimate of drug-likeness (QED) is 0.375. The molecule has 0 bridgehead atoms. The van der Waals surface area contributed by atoms with Crippen molar-refractivity contribution in [2.45, 2.75) is 19.6 Å². The fourth-order valence-electron chi connectivity index (χ4n) is 2.39. The zero-order chi connectivity index (χ0) is 19.1. The number of hydrogen-bond acceptors (Lipinski definition) is 8. The number of nitrogens with two attached hydrogens (primary N) is 1. The molecule has 0 atom stereocenters. The van der Waals surface area contributed by atoms with Gasteiger partial charge < -0.3 is 16.4 Å². The summed E-state index contributed by atoms with van der Waals surface area (Å²) in [6.45, 7) is 1.51. The highest BCUT2D eigenvalue weighted by Gasteiger charge is 2.06. The van der Waals surface area contributed by atoms with E-state index in [2.05, 4.69) is 25.6 Å². The summed E-state index contributed by atoms with van der Waals surface area (Å²) in [6, 6.07) is 15.4. The maximum atomic E-state index is 9.16. The minimum Gasteiger partial charge on any atom is -0.350 e. The summed E-state index contributed by atoms with van der Waals surface area (Å²) in [6.07, 6.45) is 0. The Kier molecular flexibility index (Phi) is 6.37. The molecule has 8 nitrogen and oxygen atoms in total. The first-order chi connectivity index (χ1) is 13.2. The van der Waals surface area contributed by atoms with Gasteiger partial charge in [-0.1, -0.05) is 48.0 Å². The normalized spacial score (nSPS) is 10.5. The Morgan fingerprint density at radius 3 is 2.00 bits per heavy atom. The van der Waals surface area contributed by atoms with Crippen LogP contribution in [0.25, 0.3) is 0 Å². The second kappa shape index (κ2) is 9.13. The average Bonchev–Trinajstić information content (AvgIpc) is 2.71.